The van der Waals surface area contributed by atoms with E-state index in [9.17, 15) is 5.26 Å². The van der Waals surface area contributed by atoms with Gasteiger partial charge in [0.15, 0.2) is 0 Å². The Morgan fingerprint density at radius 2 is 1.95 bits per heavy atom. The first kappa shape index (κ1) is 14.8. The normalized spacial score (nSPS) is 15.5. The highest BCUT2D eigenvalue weighted by atomic mass is 35.5. The Morgan fingerprint density at radius 3 is 2.64 bits per heavy atom. The number of halogens is 1. The van der Waals surface area contributed by atoms with E-state index in [1.807, 2.05) is 24.4 Å². The summed E-state index contributed by atoms with van der Waals surface area (Å²) in [5.41, 5.74) is 1.80. The lowest BCUT2D eigenvalue weighted by Gasteiger charge is -2.35. The maximum atomic E-state index is 9.17. The number of pyridine rings is 2. The van der Waals surface area contributed by atoms with Crippen LogP contribution in [0.25, 0.3) is 0 Å². The zero-order chi connectivity index (χ0) is 15.4. The van der Waals surface area contributed by atoms with E-state index >= 15 is 0 Å². The van der Waals surface area contributed by atoms with Crippen molar-refractivity contribution in [2.75, 3.05) is 31.1 Å². The molecule has 0 unspecified atom stereocenters. The molecule has 0 bridgehead atoms. The molecule has 3 rings (SSSR count). The van der Waals surface area contributed by atoms with Crippen LogP contribution in [0, 0.1) is 11.3 Å². The first-order valence-electron chi connectivity index (χ1n) is 7.19. The van der Waals surface area contributed by atoms with E-state index in [4.69, 9.17) is 11.6 Å². The Bertz CT molecular complexity index is 672. The van der Waals surface area contributed by atoms with E-state index < -0.39 is 0 Å². The van der Waals surface area contributed by atoms with Crippen LogP contribution >= 0.6 is 11.6 Å². The van der Waals surface area contributed by atoms with Gasteiger partial charge in [-0.3, -0.25) is 4.90 Å². The lowest BCUT2D eigenvalue weighted by atomic mass is 10.2. The molecule has 1 saturated heterocycles. The quantitative estimate of drug-likeness (QED) is 0.814. The molecule has 112 valence electrons. The SMILES string of the molecule is N#Cc1cccnc1N1CCN(Cc2ccc(Cl)nc2)CC1. The third-order valence-electron chi connectivity index (χ3n) is 3.77. The lowest BCUT2D eigenvalue weighted by Crippen LogP contribution is -2.46. The third kappa shape index (κ3) is 3.35. The molecule has 0 atom stereocenters. The van der Waals surface area contributed by atoms with E-state index in [0.29, 0.717) is 10.7 Å². The van der Waals surface area contributed by atoms with Gasteiger partial charge in [0, 0.05) is 45.1 Å². The Kier molecular flexibility index (Phi) is 4.52. The molecule has 0 spiro atoms. The fraction of sp³-hybridized carbons (Fsp3) is 0.312. The number of piperazine rings is 1. The van der Waals surface area contributed by atoms with E-state index in [1.165, 1.54) is 0 Å². The summed E-state index contributed by atoms with van der Waals surface area (Å²) in [6.07, 6.45) is 3.56. The molecule has 0 aliphatic carbocycles. The van der Waals surface area contributed by atoms with Crippen molar-refractivity contribution in [2.24, 2.45) is 0 Å². The van der Waals surface area contributed by atoms with Crippen LogP contribution in [0.15, 0.2) is 36.7 Å². The first-order chi connectivity index (χ1) is 10.8. The third-order valence-corrected chi connectivity index (χ3v) is 4.00. The van der Waals surface area contributed by atoms with Crippen LogP contribution < -0.4 is 4.90 Å². The van der Waals surface area contributed by atoms with Crippen LogP contribution in [0.2, 0.25) is 5.15 Å². The van der Waals surface area contributed by atoms with Crippen molar-refractivity contribution in [2.45, 2.75) is 6.54 Å². The first-order valence-corrected chi connectivity index (χ1v) is 7.57. The average molecular weight is 314 g/mol. The van der Waals surface area contributed by atoms with Crippen molar-refractivity contribution >= 4 is 17.4 Å². The van der Waals surface area contributed by atoms with Gasteiger partial charge in [0.25, 0.3) is 0 Å². The highest BCUT2D eigenvalue weighted by molar-refractivity contribution is 6.29. The van der Waals surface area contributed by atoms with Crippen LogP contribution in [0.1, 0.15) is 11.1 Å². The van der Waals surface area contributed by atoms with Gasteiger partial charge in [-0.2, -0.15) is 5.26 Å². The summed E-state index contributed by atoms with van der Waals surface area (Å²) in [4.78, 5) is 13.0. The molecular weight excluding hydrogens is 298 g/mol. The second-order valence-corrected chi connectivity index (χ2v) is 5.63. The predicted molar refractivity (Wildman–Crippen MR) is 85.7 cm³/mol. The van der Waals surface area contributed by atoms with Gasteiger partial charge < -0.3 is 4.90 Å². The van der Waals surface area contributed by atoms with Crippen molar-refractivity contribution in [1.29, 1.82) is 5.26 Å². The molecule has 6 heteroatoms. The molecule has 2 aromatic heterocycles. The van der Waals surface area contributed by atoms with Gasteiger partial charge in [0.05, 0.1) is 5.56 Å². The topological polar surface area (TPSA) is 56.1 Å². The smallest absolute Gasteiger partial charge is 0.146 e. The summed E-state index contributed by atoms with van der Waals surface area (Å²) < 4.78 is 0. The van der Waals surface area contributed by atoms with Gasteiger partial charge in [0.2, 0.25) is 0 Å². The van der Waals surface area contributed by atoms with Crippen molar-refractivity contribution in [3.63, 3.8) is 0 Å². The highest BCUT2D eigenvalue weighted by Crippen LogP contribution is 2.18. The molecule has 22 heavy (non-hydrogen) atoms. The van der Waals surface area contributed by atoms with Gasteiger partial charge in [0.1, 0.15) is 17.0 Å². The van der Waals surface area contributed by atoms with Crippen molar-refractivity contribution < 1.29 is 0 Å². The van der Waals surface area contributed by atoms with Crippen LogP contribution in [0.4, 0.5) is 5.82 Å². The van der Waals surface area contributed by atoms with Crippen molar-refractivity contribution in [3.05, 3.63) is 52.9 Å². The Morgan fingerprint density at radius 1 is 1.14 bits per heavy atom. The number of aromatic nitrogens is 2. The van der Waals surface area contributed by atoms with E-state index in [0.717, 1.165) is 44.1 Å². The molecule has 0 N–H and O–H groups in total. The molecule has 1 fully saturated rings. The Hall–Kier alpha value is -2.16. The standard InChI is InChI=1S/C16H16ClN5/c17-15-4-3-13(11-20-15)12-21-6-8-22(9-7-21)16-14(10-18)2-1-5-19-16/h1-5,11H,6-9,12H2. The minimum absolute atomic E-state index is 0.521. The average Bonchev–Trinajstić information content (AvgIpc) is 2.58. The lowest BCUT2D eigenvalue weighted by molar-refractivity contribution is 0.249. The minimum Gasteiger partial charge on any atom is -0.353 e. The second-order valence-electron chi connectivity index (χ2n) is 5.24. The van der Waals surface area contributed by atoms with Crippen LogP contribution in [-0.2, 0) is 6.54 Å². The number of rotatable bonds is 3. The molecule has 5 nitrogen and oxygen atoms in total. The fourth-order valence-corrected chi connectivity index (χ4v) is 2.72. The molecule has 0 aromatic carbocycles. The molecule has 1 aliphatic heterocycles. The largest absolute Gasteiger partial charge is 0.353 e. The number of hydrogen-bond acceptors (Lipinski definition) is 5. The molecule has 0 amide bonds. The zero-order valence-electron chi connectivity index (χ0n) is 12.1. The fourth-order valence-electron chi connectivity index (χ4n) is 2.61. The zero-order valence-corrected chi connectivity index (χ0v) is 12.9. The molecule has 2 aromatic rings. The number of anilines is 1. The van der Waals surface area contributed by atoms with Gasteiger partial charge >= 0.3 is 0 Å². The van der Waals surface area contributed by atoms with Gasteiger partial charge in [-0.05, 0) is 23.8 Å². The van der Waals surface area contributed by atoms with Gasteiger partial charge in [-0.15, -0.1) is 0 Å². The molecular formula is C16H16ClN5. The maximum Gasteiger partial charge on any atom is 0.146 e. The number of nitrogens with zero attached hydrogens (tertiary/aromatic N) is 5. The van der Waals surface area contributed by atoms with Crippen molar-refractivity contribution in [1.82, 2.24) is 14.9 Å². The maximum absolute atomic E-state index is 9.17. The summed E-state index contributed by atoms with van der Waals surface area (Å²) in [7, 11) is 0. The van der Waals surface area contributed by atoms with Gasteiger partial charge in [-0.25, -0.2) is 9.97 Å². The summed E-state index contributed by atoms with van der Waals surface area (Å²) in [6, 6.07) is 9.65. The summed E-state index contributed by atoms with van der Waals surface area (Å²) in [5, 5.41) is 9.69. The van der Waals surface area contributed by atoms with Gasteiger partial charge in [-0.1, -0.05) is 17.7 Å². The highest BCUT2D eigenvalue weighted by Gasteiger charge is 2.20. The van der Waals surface area contributed by atoms with Crippen LogP contribution in [0.3, 0.4) is 0 Å². The second kappa shape index (κ2) is 6.73. The molecule has 0 saturated carbocycles. The van der Waals surface area contributed by atoms with Crippen molar-refractivity contribution in [3.8, 4) is 6.07 Å². The Labute approximate surface area is 134 Å². The van der Waals surface area contributed by atoms with E-state index in [2.05, 4.69) is 25.8 Å². The minimum atomic E-state index is 0.521. The molecule has 3 heterocycles. The summed E-state index contributed by atoms with van der Waals surface area (Å²) in [5.74, 6) is 0.790. The molecule has 1 aliphatic rings. The Balaban J connectivity index is 1.61. The van der Waals surface area contributed by atoms with Crippen LogP contribution in [0.5, 0.6) is 0 Å². The predicted octanol–water partition coefficient (Wildman–Crippen LogP) is 2.32. The number of hydrogen-bond donors (Lipinski definition) is 0. The van der Waals surface area contributed by atoms with E-state index in [-0.39, 0.29) is 0 Å². The monoisotopic (exact) mass is 313 g/mol. The van der Waals surface area contributed by atoms with Crippen LogP contribution in [-0.4, -0.2) is 41.0 Å². The molecule has 0 radical (unpaired) electrons. The van der Waals surface area contributed by atoms with E-state index in [1.54, 1.807) is 12.3 Å². The number of nitriles is 1. The summed E-state index contributed by atoms with van der Waals surface area (Å²) in [6.45, 7) is 4.47. The summed E-state index contributed by atoms with van der Waals surface area (Å²) >= 11 is 5.81.